The van der Waals surface area contributed by atoms with Gasteiger partial charge >= 0.3 is 0 Å². The number of phenols is 1. The van der Waals surface area contributed by atoms with E-state index in [-0.39, 0.29) is 22.4 Å². The minimum atomic E-state index is -3.56. The Kier molecular flexibility index (Phi) is 5.30. The molecule has 2 unspecified atom stereocenters. The number of sulfonamides is 1. The molecule has 1 rings (SSSR count). The van der Waals surface area contributed by atoms with Crippen LogP contribution in [-0.4, -0.2) is 35.8 Å². The smallest absolute Gasteiger partial charge is 0.240 e. The van der Waals surface area contributed by atoms with Crippen LogP contribution in [0.25, 0.3) is 0 Å². The molecule has 1 aromatic carbocycles. The van der Waals surface area contributed by atoms with Gasteiger partial charge in [-0.05, 0) is 30.7 Å². The largest absolute Gasteiger partial charge is 0.508 e. The number of hydrogen-bond donors (Lipinski definition) is 2. The highest BCUT2D eigenvalue weighted by Crippen LogP contribution is 2.14. The molecule has 0 heterocycles. The molecule has 18 heavy (non-hydrogen) atoms. The highest BCUT2D eigenvalue weighted by Gasteiger charge is 2.14. The predicted octanol–water partition coefficient (Wildman–Crippen LogP) is 0.828. The van der Waals surface area contributed by atoms with Crippen molar-refractivity contribution in [3.8, 4) is 5.75 Å². The van der Waals surface area contributed by atoms with Crippen LogP contribution < -0.4 is 4.72 Å². The predicted molar refractivity (Wildman–Crippen MR) is 71.4 cm³/mol. The fourth-order valence-corrected chi connectivity index (χ4v) is 2.77. The first kappa shape index (κ1) is 15.1. The van der Waals surface area contributed by atoms with Crippen molar-refractivity contribution in [2.45, 2.75) is 23.5 Å². The zero-order chi connectivity index (χ0) is 13.8. The zero-order valence-electron chi connectivity index (χ0n) is 10.3. The molecular formula is C11H17NO4S2. The van der Waals surface area contributed by atoms with Gasteiger partial charge < -0.3 is 5.11 Å². The minimum Gasteiger partial charge on any atom is -0.508 e. The van der Waals surface area contributed by atoms with Gasteiger partial charge in [-0.3, -0.25) is 4.21 Å². The van der Waals surface area contributed by atoms with Crippen LogP contribution in [0.15, 0.2) is 29.2 Å². The van der Waals surface area contributed by atoms with Crippen LogP contribution in [0.4, 0.5) is 0 Å². The third-order valence-corrected chi connectivity index (χ3v) is 5.40. The minimum absolute atomic E-state index is 0.0175. The summed E-state index contributed by atoms with van der Waals surface area (Å²) in [4.78, 5) is 0.102. The Hall–Kier alpha value is -0.920. The number of rotatable bonds is 6. The molecule has 2 atom stereocenters. The summed E-state index contributed by atoms with van der Waals surface area (Å²) >= 11 is 0. The average molecular weight is 291 g/mol. The average Bonchev–Trinajstić information content (AvgIpc) is 2.29. The van der Waals surface area contributed by atoms with Crippen LogP contribution in [0.2, 0.25) is 0 Å². The number of benzene rings is 1. The van der Waals surface area contributed by atoms with Gasteiger partial charge in [0, 0.05) is 28.9 Å². The Morgan fingerprint density at radius 2 is 1.89 bits per heavy atom. The van der Waals surface area contributed by atoms with Gasteiger partial charge in [0.2, 0.25) is 10.0 Å². The van der Waals surface area contributed by atoms with Crippen molar-refractivity contribution in [1.29, 1.82) is 0 Å². The van der Waals surface area contributed by atoms with Gasteiger partial charge in [-0.15, -0.1) is 0 Å². The number of phenolic OH excluding ortho intramolecular Hbond substituents is 1. The summed E-state index contributed by atoms with van der Waals surface area (Å²) in [5, 5.41) is 9.03. The highest BCUT2D eigenvalue weighted by atomic mass is 32.2. The van der Waals surface area contributed by atoms with E-state index in [9.17, 15) is 12.6 Å². The Labute approximate surface area is 110 Å². The maximum absolute atomic E-state index is 11.8. The fraction of sp³-hybridized carbons (Fsp3) is 0.455. The van der Waals surface area contributed by atoms with E-state index in [1.165, 1.54) is 24.3 Å². The summed E-state index contributed by atoms with van der Waals surface area (Å²) in [6, 6.07) is 5.30. The van der Waals surface area contributed by atoms with Crippen LogP contribution in [-0.2, 0) is 20.8 Å². The van der Waals surface area contributed by atoms with E-state index < -0.39 is 20.8 Å². The van der Waals surface area contributed by atoms with Gasteiger partial charge in [0.05, 0.1) is 4.90 Å². The lowest BCUT2D eigenvalue weighted by atomic mass is 10.3. The van der Waals surface area contributed by atoms with Crippen LogP contribution >= 0.6 is 0 Å². The van der Waals surface area contributed by atoms with Crippen molar-refractivity contribution in [1.82, 2.24) is 4.72 Å². The molecule has 0 fully saturated rings. The normalized spacial score (nSPS) is 15.2. The van der Waals surface area contributed by atoms with E-state index in [1.54, 1.807) is 6.26 Å². The van der Waals surface area contributed by atoms with E-state index in [2.05, 4.69) is 4.72 Å². The first-order chi connectivity index (χ1) is 8.33. The van der Waals surface area contributed by atoms with Crippen molar-refractivity contribution in [3.05, 3.63) is 24.3 Å². The molecule has 5 nitrogen and oxygen atoms in total. The molecule has 0 bridgehead atoms. The third kappa shape index (κ3) is 4.40. The molecule has 0 spiro atoms. The van der Waals surface area contributed by atoms with Crippen LogP contribution in [0.1, 0.15) is 13.3 Å². The van der Waals surface area contributed by atoms with Gasteiger partial charge in [-0.1, -0.05) is 6.92 Å². The van der Waals surface area contributed by atoms with Gasteiger partial charge in [0.1, 0.15) is 5.75 Å². The lowest BCUT2D eigenvalue weighted by Gasteiger charge is -2.10. The van der Waals surface area contributed by atoms with Crippen molar-refractivity contribution in [2.75, 3.05) is 12.8 Å². The Balaban J connectivity index is 2.60. The lowest BCUT2D eigenvalue weighted by molar-refractivity contribution is 0.474. The van der Waals surface area contributed by atoms with Crippen LogP contribution in [0.5, 0.6) is 5.75 Å². The monoisotopic (exact) mass is 291 g/mol. The maximum atomic E-state index is 11.8. The number of nitrogens with one attached hydrogen (secondary N) is 1. The van der Waals surface area contributed by atoms with Crippen molar-refractivity contribution in [2.24, 2.45) is 0 Å². The molecule has 1 aromatic rings. The number of hydrogen-bond acceptors (Lipinski definition) is 4. The topological polar surface area (TPSA) is 83.5 Å². The second-order valence-corrected chi connectivity index (χ2v) is 7.56. The SMILES string of the molecule is CC(CCNS(=O)(=O)c1ccc(O)cc1)S(C)=O. The number of aromatic hydroxyl groups is 1. The second kappa shape index (κ2) is 6.31. The lowest BCUT2D eigenvalue weighted by Crippen LogP contribution is -2.27. The maximum Gasteiger partial charge on any atom is 0.240 e. The first-order valence-electron chi connectivity index (χ1n) is 5.44. The molecule has 2 N–H and O–H groups in total. The quantitative estimate of drug-likeness (QED) is 0.813. The molecule has 102 valence electrons. The van der Waals surface area contributed by atoms with E-state index >= 15 is 0 Å². The standard InChI is InChI=1S/C11H17NO4S2/c1-9(17(2)14)7-8-12-18(15,16)11-5-3-10(13)4-6-11/h3-6,9,12-13H,7-8H2,1-2H3. The third-order valence-electron chi connectivity index (χ3n) is 2.56. The van der Waals surface area contributed by atoms with E-state index in [1.807, 2.05) is 6.92 Å². The molecule has 0 radical (unpaired) electrons. The summed E-state index contributed by atoms with van der Waals surface area (Å²) < 4.78 is 37.2. The molecule has 0 aliphatic heterocycles. The van der Waals surface area contributed by atoms with E-state index in [0.717, 1.165) is 0 Å². The van der Waals surface area contributed by atoms with Crippen molar-refractivity contribution < 1.29 is 17.7 Å². The van der Waals surface area contributed by atoms with Crippen LogP contribution in [0, 0.1) is 0 Å². The van der Waals surface area contributed by atoms with E-state index in [0.29, 0.717) is 6.42 Å². The Bertz CT molecular complexity index is 510. The van der Waals surface area contributed by atoms with E-state index in [4.69, 9.17) is 5.11 Å². The molecular weight excluding hydrogens is 274 g/mol. The first-order valence-corrected chi connectivity index (χ1v) is 8.54. The molecule has 0 aliphatic carbocycles. The molecule has 0 aromatic heterocycles. The molecule has 0 saturated carbocycles. The Morgan fingerprint density at radius 1 is 1.33 bits per heavy atom. The van der Waals surface area contributed by atoms with Crippen molar-refractivity contribution in [3.63, 3.8) is 0 Å². The van der Waals surface area contributed by atoms with Gasteiger partial charge in [-0.25, -0.2) is 13.1 Å². The molecule has 0 aliphatic rings. The summed E-state index contributed by atoms with van der Waals surface area (Å²) in [6.45, 7) is 2.05. The summed E-state index contributed by atoms with van der Waals surface area (Å²) in [7, 11) is -4.51. The molecule has 7 heteroatoms. The fourth-order valence-electron chi connectivity index (χ4n) is 1.27. The summed E-state index contributed by atoms with van der Waals surface area (Å²) in [5.41, 5.74) is 0. The zero-order valence-corrected chi connectivity index (χ0v) is 11.9. The summed E-state index contributed by atoms with van der Waals surface area (Å²) in [5.74, 6) is 0.0175. The molecule has 0 saturated heterocycles. The van der Waals surface area contributed by atoms with Crippen LogP contribution in [0.3, 0.4) is 0 Å². The highest BCUT2D eigenvalue weighted by molar-refractivity contribution is 7.89. The molecule has 0 amide bonds. The van der Waals surface area contributed by atoms with Gasteiger partial charge in [-0.2, -0.15) is 0 Å². The second-order valence-electron chi connectivity index (χ2n) is 3.99. The van der Waals surface area contributed by atoms with Gasteiger partial charge in [0.25, 0.3) is 0 Å². The van der Waals surface area contributed by atoms with Gasteiger partial charge in [0.15, 0.2) is 0 Å². The Morgan fingerprint density at radius 3 is 2.39 bits per heavy atom. The van der Waals surface area contributed by atoms with Crippen molar-refractivity contribution >= 4 is 20.8 Å². The summed E-state index contributed by atoms with van der Waals surface area (Å²) in [6.07, 6.45) is 2.11.